The van der Waals surface area contributed by atoms with Gasteiger partial charge in [-0.3, -0.25) is 0 Å². The summed E-state index contributed by atoms with van der Waals surface area (Å²) in [5.41, 5.74) is 11.1. The molecule has 0 fully saturated rings. The molecule has 0 amide bonds. The molecular weight excluding hydrogens is 446 g/mol. The summed E-state index contributed by atoms with van der Waals surface area (Å²) in [5.74, 6) is 7.66. The topological polar surface area (TPSA) is 88.1 Å². The maximum absolute atomic E-state index is 6.34. The molecule has 34 heavy (non-hydrogen) atoms. The molecule has 8 heteroatoms. The van der Waals surface area contributed by atoms with Gasteiger partial charge in [0, 0.05) is 17.1 Å². The maximum atomic E-state index is 6.34. The van der Waals surface area contributed by atoms with Crippen molar-refractivity contribution in [1.82, 2.24) is 19.5 Å². The first-order valence-electron chi connectivity index (χ1n) is 11.2. The van der Waals surface area contributed by atoms with Crippen molar-refractivity contribution in [2.24, 2.45) is 5.73 Å². The summed E-state index contributed by atoms with van der Waals surface area (Å²) in [5, 5.41) is 3.13. The number of thiazole rings is 1. The van der Waals surface area contributed by atoms with Crippen molar-refractivity contribution in [3.63, 3.8) is 0 Å². The molecule has 1 unspecified atom stereocenters. The predicted octanol–water partition coefficient (Wildman–Crippen LogP) is 4.41. The summed E-state index contributed by atoms with van der Waals surface area (Å²) in [4.78, 5) is 13.8. The molecule has 0 spiro atoms. The van der Waals surface area contributed by atoms with E-state index in [1.54, 1.807) is 24.6 Å². The van der Waals surface area contributed by atoms with Crippen LogP contribution in [-0.2, 0) is 13.0 Å². The predicted molar refractivity (Wildman–Crippen MR) is 133 cm³/mol. The highest BCUT2D eigenvalue weighted by Crippen LogP contribution is 2.42. The lowest BCUT2D eigenvalue weighted by Gasteiger charge is -2.27. The molecule has 1 aromatic carbocycles. The average Bonchev–Trinajstić information content (AvgIpc) is 3.42. The zero-order valence-electron chi connectivity index (χ0n) is 19.8. The number of rotatable bonds is 4. The van der Waals surface area contributed by atoms with E-state index in [1.165, 1.54) is 0 Å². The molecule has 0 radical (unpaired) electrons. The first kappa shape index (κ1) is 22.4. The second kappa shape index (κ2) is 8.75. The fourth-order valence-electron chi connectivity index (χ4n) is 4.07. The third-order valence-corrected chi connectivity index (χ3v) is 6.44. The SMILES string of the molecule is COc1cc(Cn2cnc3cc(C#CC(C)(C)N)cnc32)cc2c1OC(c1csc(C)n1)CC2. The van der Waals surface area contributed by atoms with Crippen LogP contribution in [0.4, 0.5) is 0 Å². The van der Waals surface area contributed by atoms with Gasteiger partial charge in [0.1, 0.15) is 11.6 Å². The van der Waals surface area contributed by atoms with E-state index in [0.717, 1.165) is 62.9 Å². The quantitative estimate of drug-likeness (QED) is 0.442. The molecule has 5 rings (SSSR count). The van der Waals surface area contributed by atoms with Gasteiger partial charge in [-0.05, 0) is 56.9 Å². The Morgan fingerprint density at radius 3 is 2.88 bits per heavy atom. The molecule has 2 N–H and O–H groups in total. The van der Waals surface area contributed by atoms with Gasteiger partial charge in [-0.25, -0.2) is 15.0 Å². The number of nitrogens with two attached hydrogens (primary N) is 1. The monoisotopic (exact) mass is 473 g/mol. The summed E-state index contributed by atoms with van der Waals surface area (Å²) in [6.45, 7) is 6.39. The molecule has 3 aromatic heterocycles. The lowest BCUT2D eigenvalue weighted by molar-refractivity contribution is 0.165. The number of hydrogen-bond acceptors (Lipinski definition) is 7. The average molecular weight is 474 g/mol. The summed E-state index contributed by atoms with van der Waals surface area (Å²) in [6.07, 6.45) is 5.33. The largest absolute Gasteiger partial charge is 0.493 e. The van der Waals surface area contributed by atoms with Gasteiger partial charge in [0.15, 0.2) is 17.1 Å². The van der Waals surface area contributed by atoms with Gasteiger partial charge in [0.05, 0.1) is 36.2 Å². The minimum Gasteiger partial charge on any atom is -0.493 e. The zero-order valence-corrected chi connectivity index (χ0v) is 20.6. The highest BCUT2D eigenvalue weighted by molar-refractivity contribution is 7.09. The van der Waals surface area contributed by atoms with Gasteiger partial charge in [-0.15, -0.1) is 11.3 Å². The third-order valence-electron chi connectivity index (χ3n) is 5.65. The van der Waals surface area contributed by atoms with E-state index >= 15 is 0 Å². The lowest BCUT2D eigenvalue weighted by atomic mass is 9.98. The Kier molecular flexibility index (Phi) is 5.76. The van der Waals surface area contributed by atoms with Crippen LogP contribution in [0.5, 0.6) is 11.5 Å². The van der Waals surface area contributed by atoms with Crippen molar-refractivity contribution in [1.29, 1.82) is 0 Å². The second-order valence-corrected chi connectivity index (χ2v) is 10.2. The zero-order chi connectivity index (χ0) is 23.9. The lowest BCUT2D eigenvalue weighted by Crippen LogP contribution is -2.29. The maximum Gasteiger partial charge on any atom is 0.165 e. The normalized spacial score (nSPS) is 15.4. The smallest absolute Gasteiger partial charge is 0.165 e. The second-order valence-electron chi connectivity index (χ2n) is 9.13. The molecular formula is C26H27N5O2S. The van der Waals surface area contributed by atoms with Crippen LogP contribution in [0.15, 0.2) is 36.1 Å². The standard InChI is InChI=1S/C26H27N5O2S/c1-16-30-21(14-34-16)22-6-5-19-9-18(11-23(32-4)24(19)33-22)13-31-15-29-20-10-17(12-28-25(20)31)7-8-26(2,3)27/h9-12,14-15,22H,5-6,13,27H2,1-4H3. The fraction of sp³-hybridized carbons (Fsp3) is 0.346. The highest BCUT2D eigenvalue weighted by Gasteiger charge is 2.26. The summed E-state index contributed by atoms with van der Waals surface area (Å²) in [7, 11) is 1.68. The molecule has 1 atom stereocenters. The Labute approximate surface area is 203 Å². The number of hydrogen-bond donors (Lipinski definition) is 1. The van der Waals surface area contributed by atoms with E-state index in [0.29, 0.717) is 6.54 Å². The number of imidazole rings is 1. The van der Waals surface area contributed by atoms with E-state index in [4.69, 9.17) is 15.2 Å². The molecule has 1 aliphatic rings. The highest BCUT2D eigenvalue weighted by atomic mass is 32.1. The summed E-state index contributed by atoms with van der Waals surface area (Å²) >= 11 is 1.65. The Morgan fingerprint density at radius 1 is 1.29 bits per heavy atom. The van der Waals surface area contributed by atoms with Crippen LogP contribution in [0.2, 0.25) is 0 Å². The van der Waals surface area contributed by atoms with E-state index < -0.39 is 5.54 Å². The van der Waals surface area contributed by atoms with E-state index in [9.17, 15) is 0 Å². The van der Waals surface area contributed by atoms with Crippen molar-refractivity contribution in [3.05, 3.63) is 63.5 Å². The molecule has 174 valence electrons. The van der Waals surface area contributed by atoms with Gasteiger partial charge in [-0.1, -0.05) is 17.9 Å². The Morgan fingerprint density at radius 2 is 2.15 bits per heavy atom. The van der Waals surface area contributed by atoms with Crippen molar-refractivity contribution in [2.45, 2.75) is 51.8 Å². The van der Waals surface area contributed by atoms with Crippen LogP contribution in [-0.4, -0.2) is 32.2 Å². The minimum absolute atomic E-state index is 0.0406. The molecule has 4 heterocycles. The molecule has 7 nitrogen and oxygen atoms in total. The minimum atomic E-state index is -0.553. The van der Waals surface area contributed by atoms with Crippen molar-refractivity contribution >= 4 is 22.5 Å². The molecule has 0 bridgehead atoms. The van der Waals surface area contributed by atoms with Gasteiger partial charge < -0.3 is 19.8 Å². The molecule has 0 saturated heterocycles. The van der Waals surface area contributed by atoms with Gasteiger partial charge in [0.2, 0.25) is 0 Å². The van der Waals surface area contributed by atoms with Gasteiger partial charge >= 0.3 is 0 Å². The number of methoxy groups -OCH3 is 1. The first-order chi connectivity index (χ1) is 16.3. The van der Waals surface area contributed by atoms with Crippen LogP contribution in [0.3, 0.4) is 0 Å². The molecule has 0 saturated carbocycles. The summed E-state index contributed by atoms with van der Waals surface area (Å²) in [6, 6.07) is 6.16. The van der Waals surface area contributed by atoms with Crippen LogP contribution in [0.1, 0.15) is 53.8 Å². The number of nitrogens with zero attached hydrogens (tertiary/aromatic N) is 4. The number of aryl methyl sites for hydroxylation is 2. The van der Waals surface area contributed by atoms with Crippen LogP contribution >= 0.6 is 11.3 Å². The molecule has 0 aliphatic carbocycles. The van der Waals surface area contributed by atoms with E-state index in [1.807, 2.05) is 43.8 Å². The van der Waals surface area contributed by atoms with Crippen molar-refractivity contribution < 1.29 is 9.47 Å². The van der Waals surface area contributed by atoms with Gasteiger partial charge in [0.25, 0.3) is 0 Å². The third kappa shape index (κ3) is 4.63. The fourth-order valence-corrected chi connectivity index (χ4v) is 4.73. The number of benzene rings is 1. The van der Waals surface area contributed by atoms with Crippen molar-refractivity contribution in [2.75, 3.05) is 7.11 Å². The summed E-state index contributed by atoms with van der Waals surface area (Å²) < 4.78 is 14.1. The van der Waals surface area contributed by atoms with E-state index in [2.05, 4.69) is 38.2 Å². The van der Waals surface area contributed by atoms with Crippen LogP contribution < -0.4 is 15.2 Å². The number of fused-ring (bicyclic) bond motifs is 2. The number of pyridine rings is 1. The van der Waals surface area contributed by atoms with Gasteiger partial charge in [-0.2, -0.15) is 0 Å². The first-order valence-corrected chi connectivity index (χ1v) is 12.1. The Bertz CT molecular complexity index is 1400. The van der Waals surface area contributed by atoms with Crippen LogP contribution in [0.25, 0.3) is 11.2 Å². The number of ether oxygens (including phenoxy) is 2. The Balaban J connectivity index is 1.40. The van der Waals surface area contributed by atoms with E-state index in [-0.39, 0.29) is 6.10 Å². The van der Waals surface area contributed by atoms with Crippen molar-refractivity contribution in [3.8, 4) is 23.3 Å². The number of aromatic nitrogens is 4. The molecule has 1 aliphatic heterocycles. The van der Waals surface area contributed by atoms with Crippen LogP contribution in [0, 0.1) is 18.8 Å². The Hall–Kier alpha value is -3.41. The molecule has 4 aromatic rings.